The van der Waals surface area contributed by atoms with Gasteiger partial charge in [-0.25, -0.2) is 4.39 Å². The number of ether oxygens (including phenoxy) is 1. The van der Waals surface area contributed by atoms with Gasteiger partial charge in [0.25, 0.3) is 5.91 Å². The third-order valence-corrected chi connectivity index (χ3v) is 2.95. The van der Waals surface area contributed by atoms with E-state index in [0.29, 0.717) is 18.0 Å². The molecule has 0 aliphatic carbocycles. The molecule has 0 aliphatic rings. The van der Waals surface area contributed by atoms with Crippen LogP contribution in [0.2, 0.25) is 0 Å². The Balaban J connectivity index is 2.32. The van der Waals surface area contributed by atoms with Crippen LogP contribution in [0.15, 0.2) is 36.4 Å². The number of nitrogens with two attached hydrogens (primary N) is 1. The summed E-state index contributed by atoms with van der Waals surface area (Å²) in [4.78, 5) is 12.3. The van der Waals surface area contributed by atoms with Crippen LogP contribution < -0.4 is 15.8 Å². The van der Waals surface area contributed by atoms with E-state index in [0.717, 1.165) is 5.56 Å². The van der Waals surface area contributed by atoms with Gasteiger partial charge in [0.2, 0.25) is 0 Å². The van der Waals surface area contributed by atoms with Gasteiger partial charge in [-0.2, -0.15) is 0 Å². The summed E-state index contributed by atoms with van der Waals surface area (Å²) in [5, 5.41) is 2.54. The number of carbonyl (C=O) groups excluding carboxylic acids is 1. The van der Waals surface area contributed by atoms with Gasteiger partial charge in [-0.3, -0.25) is 4.79 Å². The zero-order valence-electron chi connectivity index (χ0n) is 11.9. The van der Waals surface area contributed by atoms with Gasteiger partial charge in [-0.1, -0.05) is 12.1 Å². The minimum Gasteiger partial charge on any atom is -0.491 e. The molecule has 5 heteroatoms. The predicted octanol–water partition coefficient (Wildman–Crippen LogP) is 3.37. The van der Waals surface area contributed by atoms with Gasteiger partial charge in [-0.15, -0.1) is 0 Å². The Morgan fingerprint density at radius 3 is 2.81 bits per heavy atom. The number of para-hydroxylation sites is 1. The second-order valence-corrected chi connectivity index (χ2v) is 4.59. The number of hydrogen-bond acceptors (Lipinski definition) is 3. The van der Waals surface area contributed by atoms with Crippen LogP contribution in [-0.4, -0.2) is 12.5 Å². The molecule has 0 atom stereocenters. The van der Waals surface area contributed by atoms with Crippen LogP contribution in [-0.2, 0) is 0 Å². The molecule has 1 amide bonds. The Morgan fingerprint density at radius 2 is 2.10 bits per heavy atom. The molecule has 0 unspecified atom stereocenters. The number of rotatable bonds is 4. The fraction of sp³-hybridized carbons (Fsp3) is 0.188. The molecule has 4 nitrogen and oxygen atoms in total. The summed E-state index contributed by atoms with van der Waals surface area (Å²) in [5.41, 5.74) is 7.44. The molecular formula is C16H17FN2O2. The maximum atomic E-state index is 13.7. The summed E-state index contributed by atoms with van der Waals surface area (Å²) in [6.07, 6.45) is 0. The maximum absolute atomic E-state index is 13.7. The number of benzene rings is 2. The molecule has 0 saturated heterocycles. The molecule has 0 saturated carbocycles. The molecule has 0 aliphatic heterocycles. The highest BCUT2D eigenvalue weighted by molar-refractivity contribution is 6.07. The average molecular weight is 288 g/mol. The lowest BCUT2D eigenvalue weighted by Crippen LogP contribution is -2.15. The van der Waals surface area contributed by atoms with Crippen molar-refractivity contribution < 1.29 is 13.9 Å². The number of nitrogens with one attached hydrogen (secondary N) is 1. The molecule has 2 aromatic carbocycles. The Bertz CT molecular complexity index is 671. The van der Waals surface area contributed by atoms with E-state index in [1.54, 1.807) is 37.3 Å². The fourth-order valence-electron chi connectivity index (χ4n) is 1.96. The first-order valence-corrected chi connectivity index (χ1v) is 6.61. The second kappa shape index (κ2) is 6.26. The summed E-state index contributed by atoms with van der Waals surface area (Å²) in [7, 11) is 0. The number of nitrogen functional groups attached to an aromatic ring is 1. The van der Waals surface area contributed by atoms with Gasteiger partial charge in [0.1, 0.15) is 5.82 Å². The van der Waals surface area contributed by atoms with Gasteiger partial charge in [-0.05, 0) is 43.7 Å². The van der Waals surface area contributed by atoms with Gasteiger partial charge in [0.05, 0.1) is 23.5 Å². The minimum atomic E-state index is -0.490. The lowest BCUT2D eigenvalue weighted by atomic mass is 10.1. The Labute approximate surface area is 122 Å². The van der Waals surface area contributed by atoms with Crippen molar-refractivity contribution in [1.29, 1.82) is 0 Å². The van der Waals surface area contributed by atoms with E-state index in [-0.39, 0.29) is 11.3 Å². The summed E-state index contributed by atoms with van der Waals surface area (Å²) in [6.45, 7) is 4.00. The van der Waals surface area contributed by atoms with Crippen LogP contribution in [0.5, 0.6) is 5.75 Å². The smallest absolute Gasteiger partial charge is 0.259 e. The summed E-state index contributed by atoms with van der Waals surface area (Å²) < 4.78 is 19.1. The van der Waals surface area contributed by atoms with Crippen molar-refractivity contribution in [3.63, 3.8) is 0 Å². The van der Waals surface area contributed by atoms with E-state index < -0.39 is 11.7 Å². The topological polar surface area (TPSA) is 64.3 Å². The van der Waals surface area contributed by atoms with Gasteiger partial charge in [0.15, 0.2) is 5.75 Å². The lowest BCUT2D eigenvalue weighted by Gasteiger charge is -2.13. The predicted molar refractivity (Wildman–Crippen MR) is 81.1 cm³/mol. The first-order valence-electron chi connectivity index (χ1n) is 6.61. The van der Waals surface area contributed by atoms with Crippen LogP contribution in [0.25, 0.3) is 0 Å². The number of anilines is 2. The molecule has 2 aromatic rings. The zero-order valence-corrected chi connectivity index (χ0v) is 11.9. The van der Waals surface area contributed by atoms with E-state index >= 15 is 0 Å². The first-order chi connectivity index (χ1) is 10.0. The number of amides is 1. The number of carbonyl (C=O) groups is 1. The third-order valence-electron chi connectivity index (χ3n) is 2.95. The monoisotopic (exact) mass is 288 g/mol. The zero-order chi connectivity index (χ0) is 15.4. The molecular weight excluding hydrogens is 271 g/mol. The van der Waals surface area contributed by atoms with Crippen molar-refractivity contribution in [3.05, 3.63) is 53.3 Å². The highest BCUT2D eigenvalue weighted by Crippen LogP contribution is 2.27. The first kappa shape index (κ1) is 14.8. The summed E-state index contributed by atoms with van der Waals surface area (Å²) in [5.74, 6) is -0.642. The molecule has 0 aromatic heterocycles. The summed E-state index contributed by atoms with van der Waals surface area (Å²) >= 11 is 0. The SMILES string of the molecule is CCOc1c(N)cccc1C(=O)Nc1cc(C)ccc1F. The van der Waals surface area contributed by atoms with Crippen molar-refractivity contribution in [2.24, 2.45) is 0 Å². The van der Waals surface area contributed by atoms with Gasteiger partial charge in [0, 0.05) is 0 Å². The molecule has 0 radical (unpaired) electrons. The van der Waals surface area contributed by atoms with Crippen LogP contribution in [0.1, 0.15) is 22.8 Å². The Hall–Kier alpha value is -2.56. The average Bonchev–Trinajstić information content (AvgIpc) is 2.45. The quantitative estimate of drug-likeness (QED) is 0.848. The molecule has 0 fully saturated rings. The Kier molecular flexibility index (Phi) is 4.42. The largest absolute Gasteiger partial charge is 0.491 e. The minimum absolute atomic E-state index is 0.130. The molecule has 0 heterocycles. The van der Waals surface area contributed by atoms with E-state index in [9.17, 15) is 9.18 Å². The van der Waals surface area contributed by atoms with Crippen molar-refractivity contribution in [1.82, 2.24) is 0 Å². The van der Waals surface area contributed by atoms with Crippen LogP contribution in [0.4, 0.5) is 15.8 Å². The number of halogens is 1. The van der Waals surface area contributed by atoms with Crippen molar-refractivity contribution in [2.75, 3.05) is 17.7 Å². The van der Waals surface area contributed by atoms with E-state index in [2.05, 4.69) is 5.32 Å². The molecule has 110 valence electrons. The van der Waals surface area contributed by atoms with Crippen LogP contribution in [0.3, 0.4) is 0 Å². The van der Waals surface area contributed by atoms with Gasteiger partial charge < -0.3 is 15.8 Å². The second-order valence-electron chi connectivity index (χ2n) is 4.59. The number of aryl methyl sites for hydroxylation is 1. The van der Waals surface area contributed by atoms with Crippen LogP contribution >= 0.6 is 0 Å². The molecule has 0 spiro atoms. The molecule has 2 rings (SSSR count). The maximum Gasteiger partial charge on any atom is 0.259 e. The third kappa shape index (κ3) is 3.31. The molecule has 0 bridgehead atoms. The Morgan fingerprint density at radius 1 is 1.33 bits per heavy atom. The highest BCUT2D eigenvalue weighted by atomic mass is 19.1. The van der Waals surface area contributed by atoms with E-state index in [4.69, 9.17) is 10.5 Å². The van der Waals surface area contributed by atoms with Gasteiger partial charge >= 0.3 is 0 Å². The lowest BCUT2D eigenvalue weighted by molar-refractivity contribution is 0.102. The molecule has 21 heavy (non-hydrogen) atoms. The normalized spacial score (nSPS) is 10.2. The van der Waals surface area contributed by atoms with Crippen LogP contribution in [0, 0.1) is 12.7 Å². The van der Waals surface area contributed by atoms with E-state index in [1.165, 1.54) is 6.07 Å². The highest BCUT2D eigenvalue weighted by Gasteiger charge is 2.16. The van der Waals surface area contributed by atoms with Crippen molar-refractivity contribution >= 4 is 17.3 Å². The standard InChI is InChI=1S/C16H17FN2O2/c1-3-21-15-11(5-4-6-13(15)18)16(20)19-14-9-10(2)7-8-12(14)17/h4-9H,3,18H2,1-2H3,(H,19,20). The summed E-state index contributed by atoms with van der Waals surface area (Å²) in [6, 6.07) is 9.41. The molecule has 3 N–H and O–H groups in total. The van der Waals surface area contributed by atoms with E-state index in [1.807, 2.05) is 6.92 Å². The number of hydrogen-bond donors (Lipinski definition) is 2. The van der Waals surface area contributed by atoms with Crippen molar-refractivity contribution in [2.45, 2.75) is 13.8 Å². The van der Waals surface area contributed by atoms with Crippen molar-refractivity contribution in [3.8, 4) is 5.75 Å². The fourth-order valence-corrected chi connectivity index (χ4v) is 1.96.